The lowest BCUT2D eigenvalue weighted by atomic mass is 10.2. The van der Waals surface area contributed by atoms with E-state index in [4.69, 9.17) is 4.74 Å². The van der Waals surface area contributed by atoms with Crippen LogP contribution in [-0.4, -0.2) is 85.0 Å². The molecule has 23 heavy (non-hydrogen) atoms. The molecule has 3 rings (SSSR count). The normalized spacial score (nSPS) is 27.0. The smallest absolute Gasteiger partial charge is 0.245 e. The molecule has 0 N–H and O–H groups in total. The van der Waals surface area contributed by atoms with Gasteiger partial charge in [0.25, 0.3) is 0 Å². The minimum atomic E-state index is -0.243. The molecule has 3 saturated heterocycles. The van der Waals surface area contributed by atoms with Crippen LogP contribution in [0.3, 0.4) is 0 Å². The third kappa shape index (κ3) is 4.23. The molecule has 6 nitrogen and oxygen atoms in total. The van der Waals surface area contributed by atoms with Crippen LogP contribution in [0.2, 0.25) is 0 Å². The number of ether oxygens (including phenoxy) is 1. The number of carbonyl (C=O) groups is 2. The molecule has 0 aromatic heterocycles. The van der Waals surface area contributed by atoms with Crippen molar-refractivity contribution in [3.05, 3.63) is 0 Å². The molecule has 3 heterocycles. The summed E-state index contributed by atoms with van der Waals surface area (Å²) in [5.41, 5.74) is 0. The summed E-state index contributed by atoms with van der Waals surface area (Å²) in [5, 5.41) is 0. The van der Waals surface area contributed by atoms with Gasteiger partial charge in [0.2, 0.25) is 11.8 Å². The Balaban J connectivity index is 1.56. The van der Waals surface area contributed by atoms with Crippen LogP contribution in [0.15, 0.2) is 0 Å². The van der Waals surface area contributed by atoms with Gasteiger partial charge in [-0.3, -0.25) is 14.5 Å². The van der Waals surface area contributed by atoms with Gasteiger partial charge in [-0.1, -0.05) is 12.8 Å². The van der Waals surface area contributed by atoms with Crippen LogP contribution in [0, 0.1) is 0 Å². The van der Waals surface area contributed by atoms with Gasteiger partial charge in [-0.05, 0) is 38.8 Å². The summed E-state index contributed by atoms with van der Waals surface area (Å²) < 4.78 is 5.32. The maximum atomic E-state index is 12.7. The first-order valence-corrected chi connectivity index (χ1v) is 9.14. The molecule has 1 atom stereocenters. The molecule has 3 aliphatic rings. The first kappa shape index (κ1) is 16.7. The number of carbonyl (C=O) groups excluding carboxylic acids is 2. The average Bonchev–Trinajstić information content (AvgIpc) is 2.94. The molecular formula is C17H29N3O3. The highest BCUT2D eigenvalue weighted by Crippen LogP contribution is 2.21. The fourth-order valence-corrected chi connectivity index (χ4v) is 3.89. The summed E-state index contributed by atoms with van der Waals surface area (Å²) >= 11 is 0. The van der Waals surface area contributed by atoms with E-state index < -0.39 is 0 Å². The Morgan fingerprint density at radius 1 is 0.870 bits per heavy atom. The van der Waals surface area contributed by atoms with Crippen molar-refractivity contribution in [2.24, 2.45) is 0 Å². The SMILES string of the molecule is O=C([C@@H]1CCCN1C(=O)CN1CCCCCC1)N1CCOCC1. The number of nitrogens with zero attached hydrogens (tertiary/aromatic N) is 3. The Bertz CT molecular complexity index is 415. The number of rotatable bonds is 3. The van der Waals surface area contributed by atoms with Gasteiger partial charge in [-0.25, -0.2) is 0 Å². The van der Waals surface area contributed by atoms with Gasteiger partial charge in [0.1, 0.15) is 6.04 Å². The number of hydrogen-bond acceptors (Lipinski definition) is 4. The first-order valence-electron chi connectivity index (χ1n) is 9.14. The minimum absolute atomic E-state index is 0.120. The van der Waals surface area contributed by atoms with E-state index in [1.54, 1.807) is 0 Å². The van der Waals surface area contributed by atoms with Crippen molar-refractivity contribution in [3.8, 4) is 0 Å². The molecule has 130 valence electrons. The zero-order chi connectivity index (χ0) is 16.1. The quantitative estimate of drug-likeness (QED) is 0.768. The van der Waals surface area contributed by atoms with Gasteiger partial charge >= 0.3 is 0 Å². The topological polar surface area (TPSA) is 53.1 Å². The van der Waals surface area contributed by atoms with E-state index in [0.29, 0.717) is 32.8 Å². The summed E-state index contributed by atoms with van der Waals surface area (Å²) in [5.74, 6) is 0.256. The predicted molar refractivity (Wildman–Crippen MR) is 87.0 cm³/mol. The van der Waals surface area contributed by atoms with E-state index in [9.17, 15) is 9.59 Å². The Morgan fingerprint density at radius 3 is 2.26 bits per heavy atom. The summed E-state index contributed by atoms with van der Waals surface area (Å²) in [7, 11) is 0. The van der Waals surface area contributed by atoms with Crippen molar-refractivity contribution >= 4 is 11.8 Å². The van der Waals surface area contributed by atoms with Gasteiger partial charge < -0.3 is 14.5 Å². The second kappa shape index (κ2) is 8.11. The van der Waals surface area contributed by atoms with E-state index >= 15 is 0 Å². The minimum Gasteiger partial charge on any atom is -0.378 e. The highest BCUT2D eigenvalue weighted by molar-refractivity contribution is 5.89. The number of morpholine rings is 1. The van der Waals surface area contributed by atoms with Gasteiger partial charge in [0.05, 0.1) is 19.8 Å². The second-order valence-electron chi connectivity index (χ2n) is 6.87. The van der Waals surface area contributed by atoms with Gasteiger partial charge in [-0.15, -0.1) is 0 Å². The lowest BCUT2D eigenvalue weighted by molar-refractivity contribution is -0.146. The van der Waals surface area contributed by atoms with Crippen LogP contribution < -0.4 is 0 Å². The lowest BCUT2D eigenvalue weighted by Crippen LogP contribution is -2.52. The molecule has 0 aliphatic carbocycles. The van der Waals surface area contributed by atoms with Gasteiger partial charge in [0, 0.05) is 19.6 Å². The van der Waals surface area contributed by atoms with Gasteiger partial charge in [-0.2, -0.15) is 0 Å². The molecule has 3 fully saturated rings. The molecule has 0 spiro atoms. The van der Waals surface area contributed by atoms with Crippen LogP contribution in [0.5, 0.6) is 0 Å². The predicted octanol–water partition coefficient (Wildman–Crippen LogP) is 0.712. The first-order chi connectivity index (χ1) is 11.3. The van der Waals surface area contributed by atoms with Crippen molar-refractivity contribution in [2.45, 2.75) is 44.6 Å². The number of amides is 2. The van der Waals surface area contributed by atoms with Crippen LogP contribution in [0.25, 0.3) is 0 Å². The maximum Gasteiger partial charge on any atom is 0.245 e. The molecule has 0 unspecified atom stereocenters. The van der Waals surface area contributed by atoms with Crippen molar-refractivity contribution in [1.29, 1.82) is 0 Å². The van der Waals surface area contributed by atoms with Crippen LogP contribution in [-0.2, 0) is 14.3 Å². The van der Waals surface area contributed by atoms with E-state index in [2.05, 4.69) is 4.90 Å². The van der Waals surface area contributed by atoms with Crippen molar-refractivity contribution in [1.82, 2.24) is 14.7 Å². The maximum absolute atomic E-state index is 12.7. The van der Waals surface area contributed by atoms with Gasteiger partial charge in [0.15, 0.2) is 0 Å². The molecule has 3 aliphatic heterocycles. The summed E-state index contributed by atoms with van der Waals surface area (Å²) in [6.07, 6.45) is 6.65. The van der Waals surface area contributed by atoms with Crippen LogP contribution >= 0.6 is 0 Å². The molecular weight excluding hydrogens is 294 g/mol. The fourth-order valence-electron chi connectivity index (χ4n) is 3.89. The van der Waals surface area contributed by atoms with Crippen LogP contribution in [0.4, 0.5) is 0 Å². The summed E-state index contributed by atoms with van der Waals surface area (Å²) in [6, 6.07) is -0.243. The van der Waals surface area contributed by atoms with E-state index in [1.165, 1.54) is 25.7 Å². The van der Waals surface area contributed by atoms with Crippen LogP contribution in [0.1, 0.15) is 38.5 Å². The third-order valence-corrected chi connectivity index (χ3v) is 5.24. The zero-order valence-corrected chi connectivity index (χ0v) is 14.0. The monoisotopic (exact) mass is 323 g/mol. The summed E-state index contributed by atoms with van der Waals surface area (Å²) in [4.78, 5) is 31.4. The molecule has 0 aromatic carbocycles. The largest absolute Gasteiger partial charge is 0.378 e. The van der Waals surface area contributed by atoms with Crippen molar-refractivity contribution < 1.29 is 14.3 Å². The zero-order valence-electron chi connectivity index (χ0n) is 14.0. The number of likely N-dealkylation sites (tertiary alicyclic amines) is 2. The van der Waals surface area contributed by atoms with Crippen molar-refractivity contribution in [3.63, 3.8) is 0 Å². The highest BCUT2D eigenvalue weighted by Gasteiger charge is 2.37. The standard InChI is InChI=1S/C17H29N3O3/c21-16(14-18-7-3-1-2-4-8-18)20-9-5-6-15(20)17(22)19-10-12-23-13-11-19/h15H,1-14H2/t15-/m0/s1. The molecule has 0 aromatic rings. The Kier molecular flexibility index (Phi) is 5.89. The fraction of sp³-hybridized carbons (Fsp3) is 0.882. The molecule has 0 saturated carbocycles. The number of hydrogen-bond donors (Lipinski definition) is 0. The van der Waals surface area contributed by atoms with E-state index in [-0.39, 0.29) is 17.9 Å². The molecule has 2 amide bonds. The third-order valence-electron chi connectivity index (χ3n) is 5.24. The van der Waals surface area contributed by atoms with E-state index in [1.807, 2.05) is 9.80 Å². The average molecular weight is 323 g/mol. The molecule has 0 radical (unpaired) electrons. The molecule has 6 heteroatoms. The highest BCUT2D eigenvalue weighted by atomic mass is 16.5. The summed E-state index contributed by atoms with van der Waals surface area (Å²) in [6.45, 7) is 5.77. The lowest BCUT2D eigenvalue weighted by Gasteiger charge is -2.33. The Morgan fingerprint density at radius 2 is 1.57 bits per heavy atom. The van der Waals surface area contributed by atoms with E-state index in [0.717, 1.165) is 32.5 Å². The molecule has 0 bridgehead atoms. The Hall–Kier alpha value is -1.14. The Labute approximate surface area is 138 Å². The van der Waals surface area contributed by atoms with Crippen molar-refractivity contribution in [2.75, 3.05) is 52.5 Å². The second-order valence-corrected chi connectivity index (χ2v) is 6.87.